The number of benzene rings is 1. The van der Waals surface area contributed by atoms with Crippen molar-refractivity contribution >= 4 is 27.3 Å². The Balaban J connectivity index is 2.26. The number of nitro groups is 1. The van der Waals surface area contributed by atoms with Crippen molar-refractivity contribution in [1.82, 2.24) is 0 Å². The summed E-state index contributed by atoms with van der Waals surface area (Å²) in [7, 11) is 0. The largest absolute Gasteiger partial charge is 0.372 e. The van der Waals surface area contributed by atoms with Crippen LogP contribution in [0.3, 0.4) is 0 Å². The summed E-state index contributed by atoms with van der Waals surface area (Å²) in [5.74, 6) is 0. The van der Waals surface area contributed by atoms with Crippen molar-refractivity contribution in [2.45, 2.75) is 19.4 Å². The molecule has 0 spiro atoms. The lowest BCUT2D eigenvalue weighted by Gasteiger charge is -2.39. The predicted octanol–water partition coefficient (Wildman–Crippen LogP) is 2.97. The fourth-order valence-corrected chi connectivity index (χ4v) is 2.71. The van der Waals surface area contributed by atoms with E-state index in [4.69, 9.17) is 4.74 Å². The second-order valence-electron chi connectivity index (χ2n) is 4.92. The van der Waals surface area contributed by atoms with Crippen molar-refractivity contribution in [1.29, 1.82) is 0 Å². The Morgan fingerprint density at radius 3 is 2.78 bits per heavy atom. The van der Waals surface area contributed by atoms with E-state index in [2.05, 4.69) is 20.8 Å². The van der Waals surface area contributed by atoms with Crippen LogP contribution in [-0.2, 0) is 4.74 Å². The van der Waals surface area contributed by atoms with Crippen LogP contribution < -0.4 is 4.90 Å². The molecule has 1 heterocycles. The van der Waals surface area contributed by atoms with E-state index in [9.17, 15) is 10.1 Å². The zero-order chi connectivity index (χ0) is 13.3. The molecule has 1 aliphatic rings. The van der Waals surface area contributed by atoms with E-state index in [0.29, 0.717) is 6.61 Å². The Morgan fingerprint density at radius 1 is 1.50 bits per heavy atom. The van der Waals surface area contributed by atoms with Gasteiger partial charge in [-0.25, -0.2) is 0 Å². The number of nitrogens with zero attached hydrogens (tertiary/aromatic N) is 2. The average Bonchev–Trinajstić information content (AvgIpc) is 2.27. The molecule has 0 aliphatic carbocycles. The lowest BCUT2D eigenvalue weighted by molar-refractivity contribution is -0.384. The number of rotatable bonds is 2. The molecule has 18 heavy (non-hydrogen) atoms. The van der Waals surface area contributed by atoms with E-state index < -0.39 is 4.92 Å². The summed E-state index contributed by atoms with van der Waals surface area (Å²) in [6.07, 6.45) is 0. The molecule has 0 saturated carbocycles. The van der Waals surface area contributed by atoms with E-state index in [1.165, 1.54) is 12.1 Å². The number of ether oxygens (including phenoxy) is 1. The molecular formula is C12H15BrN2O3. The quantitative estimate of drug-likeness (QED) is 0.622. The molecule has 0 atom stereocenters. The molecule has 5 nitrogen and oxygen atoms in total. The molecule has 0 amide bonds. The second-order valence-corrected chi connectivity index (χ2v) is 5.78. The minimum absolute atomic E-state index is 0.0955. The second kappa shape index (κ2) is 4.85. The number of hydrogen-bond acceptors (Lipinski definition) is 4. The SMILES string of the molecule is CC1(C)CN(c2ccc([N+](=O)[O-])cc2Br)CCO1. The average molecular weight is 315 g/mol. The molecule has 1 aromatic carbocycles. The Morgan fingerprint density at radius 2 is 2.22 bits per heavy atom. The first-order valence-corrected chi connectivity index (χ1v) is 6.51. The maximum atomic E-state index is 10.7. The van der Waals surface area contributed by atoms with Crippen LogP contribution >= 0.6 is 15.9 Å². The first kappa shape index (κ1) is 13.3. The third kappa shape index (κ3) is 2.81. The van der Waals surface area contributed by atoms with Crippen molar-refractivity contribution in [3.8, 4) is 0 Å². The maximum Gasteiger partial charge on any atom is 0.270 e. The number of anilines is 1. The van der Waals surface area contributed by atoms with Gasteiger partial charge in [0.05, 0.1) is 22.8 Å². The van der Waals surface area contributed by atoms with Gasteiger partial charge in [-0.3, -0.25) is 10.1 Å². The third-order valence-electron chi connectivity index (χ3n) is 2.91. The highest BCUT2D eigenvalue weighted by atomic mass is 79.9. The van der Waals surface area contributed by atoms with Gasteiger partial charge in [0.2, 0.25) is 0 Å². The maximum absolute atomic E-state index is 10.7. The summed E-state index contributed by atoms with van der Waals surface area (Å²) in [5.41, 5.74) is 0.870. The van der Waals surface area contributed by atoms with Crippen molar-refractivity contribution in [2.24, 2.45) is 0 Å². The van der Waals surface area contributed by atoms with Crippen molar-refractivity contribution in [3.05, 3.63) is 32.8 Å². The molecular weight excluding hydrogens is 300 g/mol. The number of non-ortho nitro benzene ring substituents is 1. The molecule has 1 fully saturated rings. The van der Waals surface area contributed by atoms with Crippen molar-refractivity contribution in [3.63, 3.8) is 0 Å². The minimum Gasteiger partial charge on any atom is -0.372 e. The summed E-state index contributed by atoms with van der Waals surface area (Å²) in [5, 5.41) is 10.7. The summed E-state index contributed by atoms with van der Waals surface area (Å²) in [4.78, 5) is 12.5. The topological polar surface area (TPSA) is 55.6 Å². The van der Waals surface area contributed by atoms with Crippen LogP contribution in [0.2, 0.25) is 0 Å². The van der Waals surface area contributed by atoms with Gasteiger partial charge in [0, 0.05) is 29.7 Å². The van der Waals surface area contributed by atoms with Crippen LogP contribution in [-0.4, -0.2) is 30.2 Å². The molecule has 0 N–H and O–H groups in total. The molecule has 1 aromatic rings. The third-order valence-corrected chi connectivity index (χ3v) is 3.54. The molecule has 0 aromatic heterocycles. The van der Waals surface area contributed by atoms with Crippen LogP contribution in [0.15, 0.2) is 22.7 Å². The first-order chi connectivity index (χ1) is 8.39. The summed E-state index contributed by atoms with van der Waals surface area (Å²) in [6, 6.07) is 4.85. The minimum atomic E-state index is -0.391. The van der Waals surface area contributed by atoms with Crippen LogP contribution in [0.4, 0.5) is 11.4 Å². The molecule has 1 aliphatic heterocycles. The van der Waals surface area contributed by atoms with E-state index >= 15 is 0 Å². The smallest absolute Gasteiger partial charge is 0.270 e. The highest BCUT2D eigenvalue weighted by Crippen LogP contribution is 2.32. The van der Waals surface area contributed by atoms with Crippen LogP contribution in [0.1, 0.15) is 13.8 Å². The van der Waals surface area contributed by atoms with Crippen molar-refractivity contribution < 1.29 is 9.66 Å². The van der Waals surface area contributed by atoms with Gasteiger partial charge in [-0.15, -0.1) is 0 Å². The first-order valence-electron chi connectivity index (χ1n) is 5.72. The Bertz CT molecular complexity index is 476. The van der Waals surface area contributed by atoms with Crippen LogP contribution in [0, 0.1) is 10.1 Å². The van der Waals surface area contributed by atoms with Crippen LogP contribution in [0.25, 0.3) is 0 Å². The van der Waals surface area contributed by atoms with E-state index in [1.807, 2.05) is 13.8 Å². The van der Waals surface area contributed by atoms with Gasteiger partial charge >= 0.3 is 0 Å². The molecule has 0 radical (unpaired) electrons. The summed E-state index contributed by atoms with van der Waals surface area (Å²) < 4.78 is 6.40. The van der Waals surface area contributed by atoms with Gasteiger partial charge in [-0.05, 0) is 35.8 Å². The molecule has 0 unspecified atom stereocenters. The fourth-order valence-electron chi connectivity index (χ4n) is 2.09. The van der Waals surface area contributed by atoms with Gasteiger partial charge in [-0.2, -0.15) is 0 Å². The van der Waals surface area contributed by atoms with E-state index in [1.54, 1.807) is 6.07 Å². The lowest BCUT2D eigenvalue weighted by Crippen LogP contribution is -2.48. The fraction of sp³-hybridized carbons (Fsp3) is 0.500. The van der Waals surface area contributed by atoms with Gasteiger partial charge < -0.3 is 9.64 Å². The zero-order valence-electron chi connectivity index (χ0n) is 10.4. The van der Waals surface area contributed by atoms with Crippen LogP contribution in [0.5, 0.6) is 0 Å². The van der Waals surface area contributed by atoms with Gasteiger partial charge in [-0.1, -0.05) is 0 Å². The number of morpholine rings is 1. The van der Waals surface area contributed by atoms with Gasteiger partial charge in [0.25, 0.3) is 5.69 Å². The molecule has 98 valence electrons. The highest BCUT2D eigenvalue weighted by Gasteiger charge is 2.28. The van der Waals surface area contributed by atoms with Gasteiger partial charge in [0.15, 0.2) is 0 Å². The number of hydrogen-bond donors (Lipinski definition) is 0. The Kier molecular flexibility index (Phi) is 3.59. The zero-order valence-corrected chi connectivity index (χ0v) is 11.9. The standard InChI is InChI=1S/C12H15BrN2O3/c1-12(2)8-14(5-6-18-12)11-4-3-9(15(16)17)7-10(11)13/h3-4,7H,5-6,8H2,1-2H3. The van der Waals surface area contributed by atoms with Gasteiger partial charge in [0.1, 0.15) is 0 Å². The number of halogens is 1. The predicted molar refractivity (Wildman–Crippen MR) is 73.0 cm³/mol. The number of nitro benzene ring substituents is 1. The summed E-state index contributed by atoms with van der Waals surface area (Å²) >= 11 is 3.40. The monoisotopic (exact) mass is 314 g/mol. The lowest BCUT2D eigenvalue weighted by atomic mass is 10.1. The molecule has 6 heteroatoms. The molecule has 1 saturated heterocycles. The summed E-state index contributed by atoms with van der Waals surface area (Å²) in [6.45, 7) is 6.30. The van der Waals surface area contributed by atoms with E-state index in [-0.39, 0.29) is 11.3 Å². The molecule has 2 rings (SSSR count). The molecule has 0 bridgehead atoms. The Hall–Kier alpha value is -1.14. The van der Waals surface area contributed by atoms with Crippen molar-refractivity contribution in [2.75, 3.05) is 24.6 Å². The normalized spacial score (nSPS) is 18.7. The van der Waals surface area contributed by atoms with E-state index in [0.717, 1.165) is 23.2 Å². The Labute approximate surface area is 114 Å². The highest BCUT2D eigenvalue weighted by molar-refractivity contribution is 9.10.